The Morgan fingerprint density at radius 1 is 1.45 bits per heavy atom. The molecule has 0 unspecified atom stereocenters. The van der Waals surface area contributed by atoms with E-state index in [0.717, 1.165) is 18.5 Å². The van der Waals surface area contributed by atoms with Crippen LogP contribution in [-0.2, 0) is 0 Å². The highest BCUT2D eigenvalue weighted by Gasteiger charge is 2.26. The number of nitrogens with two attached hydrogens (primary N) is 1. The first-order valence-electron chi connectivity index (χ1n) is 6.67. The van der Waals surface area contributed by atoms with Crippen LogP contribution in [0.5, 0.6) is 0 Å². The number of rotatable bonds is 2. The van der Waals surface area contributed by atoms with Crippen LogP contribution >= 0.6 is 0 Å². The number of likely N-dealkylation sites (tertiary alicyclic amines) is 1. The molecule has 1 amide bonds. The highest BCUT2D eigenvalue weighted by atomic mass is 16.5. The molecule has 0 radical (unpaired) electrons. The van der Waals surface area contributed by atoms with E-state index in [9.17, 15) is 4.79 Å². The van der Waals surface area contributed by atoms with Gasteiger partial charge in [0.1, 0.15) is 5.82 Å². The van der Waals surface area contributed by atoms with Gasteiger partial charge in [-0.25, -0.2) is 0 Å². The molecule has 1 aliphatic heterocycles. The fraction of sp³-hybridized carbons (Fsp3) is 0.462. The number of nitrogen functional groups attached to an aromatic ring is 1. The summed E-state index contributed by atoms with van der Waals surface area (Å²) in [5, 5.41) is 7.98. The van der Waals surface area contributed by atoms with E-state index in [1.54, 1.807) is 24.0 Å². The van der Waals surface area contributed by atoms with E-state index in [1.807, 2.05) is 10.9 Å². The first kappa shape index (κ1) is 12.7. The Morgan fingerprint density at radius 3 is 2.75 bits per heavy atom. The number of nitrogens with zero attached hydrogens (tertiary/aromatic N) is 4. The summed E-state index contributed by atoms with van der Waals surface area (Å²) in [4.78, 5) is 14.0. The Balaban J connectivity index is 1.62. The van der Waals surface area contributed by atoms with Crippen LogP contribution in [0.4, 0.5) is 5.82 Å². The first-order valence-corrected chi connectivity index (χ1v) is 6.67. The lowest BCUT2D eigenvalue weighted by Gasteiger charge is -2.31. The standard InChI is InChI=1S/C13H17N5O2/c1-9-8-11(20-16-9)13(19)17-5-2-10(3-6-17)18-7-4-12(14)15-18/h4,7-8,10H,2-3,5-6H2,1H3,(H2,14,15). The van der Waals surface area contributed by atoms with E-state index in [2.05, 4.69) is 10.3 Å². The Kier molecular flexibility index (Phi) is 3.17. The van der Waals surface area contributed by atoms with Gasteiger partial charge in [-0.15, -0.1) is 0 Å². The maximum atomic E-state index is 12.2. The largest absolute Gasteiger partial charge is 0.382 e. The van der Waals surface area contributed by atoms with Crippen molar-refractivity contribution in [1.82, 2.24) is 19.8 Å². The SMILES string of the molecule is Cc1cc(C(=O)N2CCC(n3ccc(N)n3)CC2)on1. The Morgan fingerprint density at radius 2 is 2.20 bits per heavy atom. The Hall–Kier alpha value is -2.31. The predicted molar refractivity (Wildman–Crippen MR) is 72.1 cm³/mol. The van der Waals surface area contributed by atoms with Crippen molar-refractivity contribution < 1.29 is 9.32 Å². The number of carbonyl (C=O) groups excluding carboxylic acids is 1. The van der Waals surface area contributed by atoms with Crippen molar-refractivity contribution in [3.8, 4) is 0 Å². The number of amides is 1. The molecular weight excluding hydrogens is 258 g/mol. The minimum Gasteiger partial charge on any atom is -0.382 e. The summed E-state index contributed by atoms with van der Waals surface area (Å²) in [5.74, 6) is 0.744. The molecule has 0 spiro atoms. The zero-order chi connectivity index (χ0) is 14.1. The van der Waals surface area contributed by atoms with E-state index in [4.69, 9.17) is 10.3 Å². The van der Waals surface area contributed by atoms with Gasteiger partial charge in [0.05, 0.1) is 11.7 Å². The molecule has 3 heterocycles. The summed E-state index contributed by atoms with van der Waals surface area (Å²) in [6.45, 7) is 3.17. The Bertz CT molecular complexity index is 610. The quantitative estimate of drug-likeness (QED) is 0.890. The zero-order valence-electron chi connectivity index (χ0n) is 11.3. The minimum absolute atomic E-state index is 0.0935. The third-order valence-electron chi connectivity index (χ3n) is 3.59. The van der Waals surface area contributed by atoms with Gasteiger partial charge in [0, 0.05) is 25.4 Å². The summed E-state index contributed by atoms with van der Waals surface area (Å²) in [7, 11) is 0. The average Bonchev–Trinajstić information content (AvgIpc) is 3.07. The third kappa shape index (κ3) is 2.38. The molecule has 0 aromatic carbocycles. The topological polar surface area (TPSA) is 90.2 Å². The van der Waals surface area contributed by atoms with Crippen molar-refractivity contribution >= 4 is 11.7 Å². The predicted octanol–water partition coefficient (Wildman–Crippen LogP) is 1.24. The number of carbonyl (C=O) groups is 1. The summed E-state index contributed by atoms with van der Waals surface area (Å²) < 4.78 is 6.90. The van der Waals surface area contributed by atoms with E-state index in [-0.39, 0.29) is 5.91 Å². The molecule has 0 atom stereocenters. The molecule has 0 bridgehead atoms. The summed E-state index contributed by atoms with van der Waals surface area (Å²) in [6.07, 6.45) is 3.61. The van der Waals surface area contributed by atoms with E-state index >= 15 is 0 Å². The van der Waals surface area contributed by atoms with E-state index < -0.39 is 0 Å². The smallest absolute Gasteiger partial charge is 0.292 e. The van der Waals surface area contributed by atoms with Gasteiger partial charge in [0.15, 0.2) is 0 Å². The maximum absolute atomic E-state index is 12.2. The van der Waals surface area contributed by atoms with E-state index in [1.165, 1.54) is 0 Å². The lowest BCUT2D eigenvalue weighted by molar-refractivity contribution is 0.0648. The second-order valence-corrected chi connectivity index (χ2v) is 5.08. The van der Waals surface area contributed by atoms with Crippen LogP contribution in [-0.4, -0.2) is 38.8 Å². The molecule has 1 aliphatic rings. The monoisotopic (exact) mass is 275 g/mol. The summed E-state index contributed by atoms with van der Waals surface area (Å²) >= 11 is 0. The number of hydrogen-bond donors (Lipinski definition) is 1. The molecular formula is C13H17N5O2. The molecule has 106 valence electrons. The van der Waals surface area contributed by atoms with Crippen LogP contribution in [0.15, 0.2) is 22.9 Å². The molecule has 7 nitrogen and oxygen atoms in total. The normalized spacial score (nSPS) is 16.6. The second-order valence-electron chi connectivity index (χ2n) is 5.08. The lowest BCUT2D eigenvalue weighted by atomic mass is 10.1. The second kappa shape index (κ2) is 4.99. The fourth-order valence-corrected chi connectivity index (χ4v) is 2.51. The van der Waals surface area contributed by atoms with Crippen LogP contribution < -0.4 is 5.73 Å². The van der Waals surface area contributed by atoms with Crippen LogP contribution in [0.25, 0.3) is 0 Å². The van der Waals surface area contributed by atoms with Crippen molar-refractivity contribution in [1.29, 1.82) is 0 Å². The van der Waals surface area contributed by atoms with Crippen molar-refractivity contribution in [3.05, 3.63) is 29.8 Å². The molecule has 2 N–H and O–H groups in total. The molecule has 20 heavy (non-hydrogen) atoms. The van der Waals surface area contributed by atoms with Gasteiger partial charge in [-0.1, -0.05) is 5.16 Å². The van der Waals surface area contributed by atoms with Crippen molar-refractivity contribution in [2.75, 3.05) is 18.8 Å². The number of anilines is 1. The fourth-order valence-electron chi connectivity index (χ4n) is 2.51. The molecule has 1 saturated heterocycles. The Labute approximate surface area is 116 Å². The first-order chi connectivity index (χ1) is 9.63. The lowest BCUT2D eigenvalue weighted by Crippen LogP contribution is -2.39. The number of piperidine rings is 1. The van der Waals surface area contributed by atoms with Crippen LogP contribution in [0.1, 0.15) is 35.1 Å². The maximum Gasteiger partial charge on any atom is 0.292 e. The van der Waals surface area contributed by atoms with Crippen molar-refractivity contribution in [2.24, 2.45) is 0 Å². The van der Waals surface area contributed by atoms with Gasteiger partial charge in [0.2, 0.25) is 5.76 Å². The van der Waals surface area contributed by atoms with Crippen molar-refractivity contribution in [2.45, 2.75) is 25.8 Å². The average molecular weight is 275 g/mol. The van der Waals surface area contributed by atoms with Crippen LogP contribution in [0.2, 0.25) is 0 Å². The van der Waals surface area contributed by atoms with Gasteiger partial charge in [-0.3, -0.25) is 9.48 Å². The number of hydrogen-bond acceptors (Lipinski definition) is 5. The molecule has 0 aliphatic carbocycles. The summed E-state index contributed by atoms with van der Waals surface area (Å²) in [5.41, 5.74) is 6.34. The molecule has 2 aromatic heterocycles. The summed E-state index contributed by atoms with van der Waals surface area (Å²) in [6, 6.07) is 3.75. The highest BCUT2D eigenvalue weighted by molar-refractivity contribution is 5.91. The van der Waals surface area contributed by atoms with Gasteiger partial charge < -0.3 is 15.2 Å². The molecule has 2 aromatic rings. The third-order valence-corrected chi connectivity index (χ3v) is 3.59. The van der Waals surface area contributed by atoms with Crippen molar-refractivity contribution in [3.63, 3.8) is 0 Å². The van der Waals surface area contributed by atoms with Gasteiger partial charge >= 0.3 is 0 Å². The molecule has 3 rings (SSSR count). The molecule has 0 saturated carbocycles. The zero-order valence-corrected chi connectivity index (χ0v) is 11.3. The van der Waals surface area contributed by atoms with Gasteiger partial charge in [-0.05, 0) is 25.8 Å². The number of aromatic nitrogens is 3. The molecule has 1 fully saturated rings. The number of aryl methyl sites for hydroxylation is 1. The van der Waals surface area contributed by atoms with Gasteiger partial charge in [-0.2, -0.15) is 5.10 Å². The van der Waals surface area contributed by atoms with Crippen LogP contribution in [0.3, 0.4) is 0 Å². The van der Waals surface area contributed by atoms with E-state index in [0.29, 0.717) is 30.7 Å². The molecule has 7 heteroatoms. The minimum atomic E-state index is -0.0935. The van der Waals surface area contributed by atoms with Gasteiger partial charge in [0.25, 0.3) is 5.91 Å². The van der Waals surface area contributed by atoms with Crippen LogP contribution in [0, 0.1) is 6.92 Å². The highest BCUT2D eigenvalue weighted by Crippen LogP contribution is 2.23.